The predicted octanol–water partition coefficient (Wildman–Crippen LogP) is 3.38. The molecule has 0 amide bonds. The molecule has 0 radical (unpaired) electrons. The van der Waals surface area contributed by atoms with Gasteiger partial charge in [0.05, 0.1) is 7.11 Å². The zero-order valence-electron chi connectivity index (χ0n) is 9.79. The van der Waals surface area contributed by atoms with Crippen molar-refractivity contribution in [2.45, 2.75) is 33.1 Å². The Morgan fingerprint density at radius 3 is 2.60 bits per heavy atom. The lowest BCUT2D eigenvalue weighted by Gasteiger charge is -2.07. The number of phenolic OH excluding ortho intramolecular Hbond substituents is 1. The van der Waals surface area contributed by atoms with Crippen LogP contribution in [0.2, 0.25) is 0 Å². The molecule has 1 N–H and O–H groups in total. The second-order valence-corrected chi connectivity index (χ2v) is 4.29. The predicted molar refractivity (Wildman–Crippen MR) is 62.4 cm³/mol. The van der Waals surface area contributed by atoms with Crippen molar-refractivity contribution in [1.29, 1.82) is 0 Å². The van der Waals surface area contributed by atoms with E-state index in [4.69, 9.17) is 4.74 Å². The third-order valence-electron chi connectivity index (χ3n) is 2.49. The van der Waals surface area contributed by atoms with Crippen molar-refractivity contribution >= 4 is 0 Å². The summed E-state index contributed by atoms with van der Waals surface area (Å²) in [4.78, 5) is 0. The molecule has 1 aromatic rings. The van der Waals surface area contributed by atoms with Gasteiger partial charge in [-0.25, -0.2) is 0 Å². The number of benzene rings is 1. The topological polar surface area (TPSA) is 29.5 Å². The molecule has 0 saturated heterocycles. The van der Waals surface area contributed by atoms with Crippen LogP contribution in [0.3, 0.4) is 0 Å². The zero-order valence-corrected chi connectivity index (χ0v) is 9.79. The fraction of sp³-hybridized carbons (Fsp3) is 0.538. The maximum Gasteiger partial charge on any atom is 0.160 e. The van der Waals surface area contributed by atoms with E-state index in [1.165, 1.54) is 18.4 Å². The van der Waals surface area contributed by atoms with Crippen molar-refractivity contribution < 1.29 is 9.84 Å². The highest BCUT2D eigenvalue weighted by atomic mass is 16.5. The quantitative estimate of drug-likeness (QED) is 0.803. The van der Waals surface area contributed by atoms with Crippen molar-refractivity contribution in [3.8, 4) is 11.5 Å². The summed E-state index contributed by atoms with van der Waals surface area (Å²) in [6.45, 7) is 4.46. The minimum atomic E-state index is 0.236. The van der Waals surface area contributed by atoms with Gasteiger partial charge in [-0.2, -0.15) is 0 Å². The second-order valence-electron chi connectivity index (χ2n) is 4.29. The fourth-order valence-corrected chi connectivity index (χ4v) is 1.61. The standard InChI is InChI=1S/C13H20O2/c1-10(2)5-4-6-11-7-8-13(15-3)12(14)9-11/h7-10,14H,4-6H2,1-3H3. The molecule has 2 nitrogen and oxygen atoms in total. The van der Waals surface area contributed by atoms with E-state index in [2.05, 4.69) is 13.8 Å². The highest BCUT2D eigenvalue weighted by molar-refractivity contribution is 5.41. The number of hydrogen-bond acceptors (Lipinski definition) is 2. The number of methoxy groups -OCH3 is 1. The summed E-state index contributed by atoms with van der Waals surface area (Å²) in [5.74, 6) is 1.53. The van der Waals surface area contributed by atoms with Crippen molar-refractivity contribution in [3.63, 3.8) is 0 Å². The first-order valence-electron chi connectivity index (χ1n) is 5.49. The molecule has 0 aliphatic carbocycles. The molecule has 84 valence electrons. The number of aryl methyl sites for hydroxylation is 1. The number of aromatic hydroxyl groups is 1. The molecule has 0 aromatic heterocycles. The van der Waals surface area contributed by atoms with Crippen LogP contribution < -0.4 is 4.74 Å². The van der Waals surface area contributed by atoms with Crippen molar-refractivity contribution in [2.75, 3.05) is 7.11 Å². The third kappa shape index (κ3) is 3.82. The molecule has 0 atom stereocenters. The zero-order chi connectivity index (χ0) is 11.3. The third-order valence-corrected chi connectivity index (χ3v) is 2.49. The lowest BCUT2D eigenvalue weighted by atomic mass is 10.0. The molecule has 1 aromatic carbocycles. The van der Waals surface area contributed by atoms with Gasteiger partial charge in [-0.15, -0.1) is 0 Å². The van der Waals surface area contributed by atoms with E-state index >= 15 is 0 Å². The van der Waals surface area contributed by atoms with Crippen LogP contribution in [0.5, 0.6) is 11.5 Å². The van der Waals surface area contributed by atoms with Gasteiger partial charge in [-0.3, -0.25) is 0 Å². The van der Waals surface area contributed by atoms with Crippen LogP contribution in [-0.4, -0.2) is 12.2 Å². The summed E-state index contributed by atoms with van der Waals surface area (Å²) in [7, 11) is 1.56. The van der Waals surface area contributed by atoms with Crippen LogP contribution in [0.1, 0.15) is 32.3 Å². The van der Waals surface area contributed by atoms with Gasteiger partial charge in [-0.05, 0) is 36.5 Å². The molecule has 0 heterocycles. The fourth-order valence-electron chi connectivity index (χ4n) is 1.61. The molecule has 0 unspecified atom stereocenters. The van der Waals surface area contributed by atoms with Gasteiger partial charge in [0.25, 0.3) is 0 Å². The van der Waals surface area contributed by atoms with E-state index in [9.17, 15) is 5.11 Å². The largest absolute Gasteiger partial charge is 0.504 e. The highest BCUT2D eigenvalue weighted by Crippen LogP contribution is 2.26. The van der Waals surface area contributed by atoms with Gasteiger partial charge < -0.3 is 9.84 Å². The monoisotopic (exact) mass is 208 g/mol. The van der Waals surface area contributed by atoms with Gasteiger partial charge in [0.2, 0.25) is 0 Å². The van der Waals surface area contributed by atoms with E-state index < -0.39 is 0 Å². The molecule has 1 rings (SSSR count). The molecular weight excluding hydrogens is 188 g/mol. The molecule has 0 spiro atoms. The van der Waals surface area contributed by atoms with Crippen molar-refractivity contribution in [3.05, 3.63) is 23.8 Å². The Balaban J connectivity index is 2.52. The smallest absolute Gasteiger partial charge is 0.160 e. The molecule has 0 fully saturated rings. The Labute approximate surface area is 91.9 Å². The Morgan fingerprint density at radius 2 is 2.07 bits per heavy atom. The van der Waals surface area contributed by atoms with E-state index in [0.29, 0.717) is 5.75 Å². The van der Waals surface area contributed by atoms with Gasteiger partial charge in [0.1, 0.15) is 0 Å². The summed E-state index contributed by atoms with van der Waals surface area (Å²) in [5, 5.41) is 9.57. The first kappa shape index (κ1) is 11.9. The average molecular weight is 208 g/mol. The van der Waals surface area contributed by atoms with E-state index in [1.807, 2.05) is 12.1 Å². The highest BCUT2D eigenvalue weighted by Gasteiger charge is 2.02. The molecule has 2 heteroatoms. The Bertz CT molecular complexity index is 305. The van der Waals surface area contributed by atoms with Gasteiger partial charge >= 0.3 is 0 Å². The minimum Gasteiger partial charge on any atom is -0.504 e. The van der Waals surface area contributed by atoms with Crippen LogP contribution in [0, 0.1) is 5.92 Å². The van der Waals surface area contributed by atoms with Crippen molar-refractivity contribution in [2.24, 2.45) is 5.92 Å². The minimum absolute atomic E-state index is 0.236. The normalized spacial score (nSPS) is 10.7. The number of phenols is 1. The number of ether oxygens (including phenoxy) is 1. The first-order valence-corrected chi connectivity index (χ1v) is 5.49. The summed E-state index contributed by atoms with van der Waals surface area (Å²) in [5.41, 5.74) is 1.17. The Morgan fingerprint density at radius 1 is 1.33 bits per heavy atom. The van der Waals surface area contributed by atoms with E-state index in [0.717, 1.165) is 12.3 Å². The Kier molecular flexibility index (Phi) is 4.47. The SMILES string of the molecule is COc1ccc(CCCC(C)C)cc1O. The molecular formula is C13H20O2. The molecule has 0 aliphatic heterocycles. The van der Waals surface area contributed by atoms with Gasteiger partial charge in [0.15, 0.2) is 11.5 Å². The van der Waals surface area contributed by atoms with Gasteiger partial charge in [0, 0.05) is 0 Å². The van der Waals surface area contributed by atoms with E-state index in [-0.39, 0.29) is 5.75 Å². The van der Waals surface area contributed by atoms with Crippen LogP contribution >= 0.6 is 0 Å². The molecule has 15 heavy (non-hydrogen) atoms. The first-order chi connectivity index (χ1) is 7.13. The molecule has 0 bridgehead atoms. The maximum absolute atomic E-state index is 9.57. The molecule has 0 aliphatic rings. The summed E-state index contributed by atoms with van der Waals surface area (Å²) < 4.78 is 4.99. The number of rotatable bonds is 5. The summed E-state index contributed by atoms with van der Waals surface area (Å²) in [6, 6.07) is 5.62. The lowest BCUT2D eigenvalue weighted by molar-refractivity contribution is 0.373. The van der Waals surface area contributed by atoms with Crippen LogP contribution in [0.15, 0.2) is 18.2 Å². The van der Waals surface area contributed by atoms with Crippen LogP contribution in [-0.2, 0) is 6.42 Å². The van der Waals surface area contributed by atoms with E-state index in [1.54, 1.807) is 13.2 Å². The average Bonchev–Trinajstić information content (AvgIpc) is 2.17. The lowest BCUT2D eigenvalue weighted by Crippen LogP contribution is -1.91. The second kappa shape index (κ2) is 5.64. The number of hydrogen-bond donors (Lipinski definition) is 1. The molecule has 0 saturated carbocycles. The van der Waals surface area contributed by atoms with Crippen LogP contribution in [0.4, 0.5) is 0 Å². The summed E-state index contributed by atoms with van der Waals surface area (Å²) >= 11 is 0. The maximum atomic E-state index is 9.57. The van der Waals surface area contributed by atoms with Crippen molar-refractivity contribution in [1.82, 2.24) is 0 Å². The van der Waals surface area contributed by atoms with Gasteiger partial charge in [-0.1, -0.05) is 26.3 Å². The van der Waals surface area contributed by atoms with Crippen LogP contribution in [0.25, 0.3) is 0 Å². The summed E-state index contributed by atoms with van der Waals surface area (Å²) in [6.07, 6.45) is 3.42. The Hall–Kier alpha value is -1.18.